The van der Waals surface area contributed by atoms with Gasteiger partial charge in [0.1, 0.15) is 11.6 Å². The summed E-state index contributed by atoms with van der Waals surface area (Å²) < 4.78 is 28.9. The molecule has 0 saturated carbocycles. The second-order valence-electron chi connectivity index (χ2n) is 8.64. The van der Waals surface area contributed by atoms with Crippen molar-refractivity contribution in [3.05, 3.63) is 95.2 Å². The van der Waals surface area contributed by atoms with Gasteiger partial charge in [-0.3, -0.25) is 9.69 Å². The van der Waals surface area contributed by atoms with Gasteiger partial charge >= 0.3 is 5.97 Å². The molecule has 1 aliphatic rings. The minimum atomic E-state index is -0.894. The summed E-state index contributed by atoms with van der Waals surface area (Å²) in [6, 6.07) is 18.7. The molecule has 4 aromatic rings. The third kappa shape index (κ3) is 4.58. The number of halogens is 2. The van der Waals surface area contributed by atoms with Crippen LogP contribution in [0.2, 0.25) is 0 Å². The quantitative estimate of drug-likeness (QED) is 0.388. The van der Waals surface area contributed by atoms with E-state index < -0.39 is 5.97 Å². The van der Waals surface area contributed by atoms with Crippen molar-refractivity contribution in [1.29, 1.82) is 0 Å². The molecule has 1 aromatic heterocycles. The number of H-pyrrole nitrogens is 1. The molecule has 1 aliphatic heterocycles. The van der Waals surface area contributed by atoms with Gasteiger partial charge in [-0.25, -0.2) is 8.78 Å². The Balaban J connectivity index is 1.56. The van der Waals surface area contributed by atoms with Crippen LogP contribution in [0, 0.1) is 11.6 Å². The van der Waals surface area contributed by atoms with Gasteiger partial charge in [-0.2, -0.15) is 0 Å². The number of aliphatic carboxylic acids is 1. The minimum absolute atomic E-state index is 0.0747. The second-order valence-corrected chi connectivity index (χ2v) is 8.64. The van der Waals surface area contributed by atoms with Gasteiger partial charge in [0, 0.05) is 48.3 Å². The van der Waals surface area contributed by atoms with E-state index in [1.165, 1.54) is 18.2 Å². The maximum atomic E-state index is 15.3. The third-order valence-electron chi connectivity index (χ3n) is 6.34. The molecule has 1 fully saturated rings. The predicted octanol–water partition coefficient (Wildman–Crippen LogP) is 4.73. The van der Waals surface area contributed by atoms with E-state index in [0.717, 1.165) is 53.8 Å². The Kier molecular flexibility index (Phi) is 6.13. The first-order valence-electron chi connectivity index (χ1n) is 11.3. The molecule has 0 radical (unpaired) electrons. The van der Waals surface area contributed by atoms with E-state index in [4.69, 9.17) is 5.11 Å². The zero-order chi connectivity index (χ0) is 23.7. The summed E-state index contributed by atoms with van der Waals surface area (Å²) in [4.78, 5) is 16.4. The summed E-state index contributed by atoms with van der Waals surface area (Å²) in [6.45, 7) is 3.13. The molecule has 34 heavy (non-hydrogen) atoms. The molecular formula is C27H25F2N3O2. The summed E-state index contributed by atoms with van der Waals surface area (Å²) >= 11 is 0. The summed E-state index contributed by atoms with van der Waals surface area (Å²) in [5.74, 6) is -1.52. The Bertz CT molecular complexity index is 1330. The van der Waals surface area contributed by atoms with Crippen molar-refractivity contribution in [3.63, 3.8) is 0 Å². The number of nitrogens with zero attached hydrogens (tertiary/aromatic N) is 1. The molecule has 0 aliphatic carbocycles. The van der Waals surface area contributed by atoms with E-state index in [-0.39, 0.29) is 24.1 Å². The topological polar surface area (TPSA) is 68.4 Å². The Morgan fingerprint density at radius 1 is 0.941 bits per heavy atom. The number of rotatable bonds is 6. The molecular weight excluding hydrogens is 436 g/mol. The first-order chi connectivity index (χ1) is 16.5. The van der Waals surface area contributed by atoms with Crippen LogP contribution in [0.1, 0.15) is 22.9 Å². The van der Waals surface area contributed by atoms with Gasteiger partial charge in [0.25, 0.3) is 0 Å². The minimum Gasteiger partial charge on any atom is -0.481 e. The second kappa shape index (κ2) is 9.37. The number of aromatic nitrogens is 1. The maximum Gasteiger partial charge on any atom is 0.309 e. The molecule has 5 rings (SSSR count). The van der Waals surface area contributed by atoms with Crippen molar-refractivity contribution < 1.29 is 18.7 Å². The van der Waals surface area contributed by atoms with Gasteiger partial charge < -0.3 is 15.4 Å². The Morgan fingerprint density at radius 3 is 2.38 bits per heavy atom. The number of nitrogens with one attached hydrogen (secondary N) is 2. The fourth-order valence-electron chi connectivity index (χ4n) is 4.74. The van der Waals surface area contributed by atoms with E-state index in [0.29, 0.717) is 11.3 Å². The summed E-state index contributed by atoms with van der Waals surface area (Å²) in [7, 11) is 0. The fraction of sp³-hybridized carbons (Fsp3) is 0.222. The van der Waals surface area contributed by atoms with Crippen LogP contribution in [0.3, 0.4) is 0 Å². The van der Waals surface area contributed by atoms with Crippen LogP contribution in [0.15, 0.2) is 66.7 Å². The number of piperazine rings is 1. The first-order valence-corrected chi connectivity index (χ1v) is 11.3. The van der Waals surface area contributed by atoms with Gasteiger partial charge in [0.2, 0.25) is 0 Å². The lowest BCUT2D eigenvalue weighted by Crippen LogP contribution is -2.45. The van der Waals surface area contributed by atoms with Crippen molar-refractivity contribution >= 4 is 16.9 Å². The smallest absolute Gasteiger partial charge is 0.309 e. The van der Waals surface area contributed by atoms with Gasteiger partial charge in [-0.15, -0.1) is 0 Å². The van der Waals surface area contributed by atoms with Crippen LogP contribution in [0.4, 0.5) is 8.78 Å². The van der Waals surface area contributed by atoms with Crippen LogP contribution in [0.25, 0.3) is 22.0 Å². The molecule has 0 spiro atoms. The van der Waals surface area contributed by atoms with Crippen LogP contribution in [-0.4, -0.2) is 47.1 Å². The van der Waals surface area contributed by atoms with Gasteiger partial charge in [0.15, 0.2) is 0 Å². The molecule has 2 heterocycles. The number of fused-ring (bicyclic) bond motifs is 1. The predicted molar refractivity (Wildman–Crippen MR) is 128 cm³/mol. The van der Waals surface area contributed by atoms with E-state index in [9.17, 15) is 9.18 Å². The lowest BCUT2D eigenvalue weighted by atomic mass is 9.92. The van der Waals surface area contributed by atoms with Crippen LogP contribution in [0.5, 0.6) is 0 Å². The highest BCUT2D eigenvalue weighted by molar-refractivity contribution is 5.87. The van der Waals surface area contributed by atoms with Crippen LogP contribution in [-0.2, 0) is 11.2 Å². The van der Waals surface area contributed by atoms with Gasteiger partial charge in [-0.05, 0) is 59.2 Å². The zero-order valence-electron chi connectivity index (χ0n) is 18.5. The molecule has 7 heteroatoms. The highest BCUT2D eigenvalue weighted by Gasteiger charge is 2.27. The standard InChI is InChI=1S/C27H25F2N3O2/c28-21-5-1-17(2-6-21)27(32-11-9-30-10-12-32)23-15-19(3-7-24(23)29)18-4-8-25-20(13-18)14-22(31-25)16-26(33)34/h1-8,13-15,27,30-31H,9-12,16H2,(H,33,34). The molecule has 1 saturated heterocycles. The number of aromatic amines is 1. The molecule has 3 N–H and O–H groups in total. The van der Waals surface area contributed by atoms with Crippen molar-refractivity contribution in [1.82, 2.24) is 15.2 Å². The lowest BCUT2D eigenvalue weighted by Gasteiger charge is -2.36. The van der Waals surface area contributed by atoms with Gasteiger partial charge in [0.05, 0.1) is 12.5 Å². The monoisotopic (exact) mass is 461 g/mol. The molecule has 5 nitrogen and oxygen atoms in total. The van der Waals surface area contributed by atoms with E-state index >= 15 is 4.39 Å². The summed E-state index contributed by atoms with van der Waals surface area (Å²) in [5, 5.41) is 13.3. The van der Waals surface area contributed by atoms with E-state index in [2.05, 4.69) is 15.2 Å². The number of benzene rings is 3. The lowest BCUT2D eigenvalue weighted by molar-refractivity contribution is -0.136. The van der Waals surface area contributed by atoms with Crippen molar-refractivity contribution in [3.8, 4) is 11.1 Å². The number of hydrogen-bond acceptors (Lipinski definition) is 3. The number of carbonyl (C=O) groups is 1. The van der Waals surface area contributed by atoms with Crippen molar-refractivity contribution in [2.45, 2.75) is 12.5 Å². The Morgan fingerprint density at radius 2 is 1.65 bits per heavy atom. The molecule has 1 atom stereocenters. The molecule has 3 aromatic carbocycles. The van der Waals surface area contributed by atoms with E-state index in [1.807, 2.05) is 30.3 Å². The van der Waals surface area contributed by atoms with Gasteiger partial charge in [-0.1, -0.05) is 24.3 Å². The molecule has 0 bridgehead atoms. The molecule has 0 amide bonds. The highest BCUT2D eigenvalue weighted by atomic mass is 19.1. The summed E-state index contributed by atoms with van der Waals surface area (Å²) in [6.07, 6.45) is -0.0747. The van der Waals surface area contributed by atoms with Crippen molar-refractivity contribution in [2.24, 2.45) is 0 Å². The maximum absolute atomic E-state index is 15.3. The highest BCUT2D eigenvalue weighted by Crippen LogP contribution is 2.34. The largest absolute Gasteiger partial charge is 0.481 e. The average molecular weight is 462 g/mol. The molecule has 174 valence electrons. The fourth-order valence-corrected chi connectivity index (χ4v) is 4.74. The van der Waals surface area contributed by atoms with Crippen molar-refractivity contribution in [2.75, 3.05) is 26.2 Å². The number of hydrogen-bond donors (Lipinski definition) is 3. The summed E-state index contributed by atoms with van der Waals surface area (Å²) in [5.41, 5.74) is 4.65. The van der Waals surface area contributed by atoms with Crippen LogP contribution >= 0.6 is 0 Å². The average Bonchev–Trinajstić information content (AvgIpc) is 3.23. The third-order valence-corrected chi connectivity index (χ3v) is 6.34. The Labute approximate surface area is 196 Å². The van der Waals surface area contributed by atoms with Crippen LogP contribution < -0.4 is 5.32 Å². The SMILES string of the molecule is O=C(O)Cc1cc2cc(-c3ccc(F)c(C(c4ccc(F)cc4)N4CCNCC4)c3)ccc2[nH]1. The number of carboxylic acid groups (broad SMARTS) is 1. The number of carboxylic acids is 1. The zero-order valence-corrected chi connectivity index (χ0v) is 18.5. The van der Waals surface area contributed by atoms with E-state index in [1.54, 1.807) is 18.2 Å². The first kappa shape index (κ1) is 22.3. The Hall–Kier alpha value is -3.55. The molecule has 1 unspecified atom stereocenters. The normalized spacial score (nSPS) is 15.5.